The van der Waals surface area contributed by atoms with Gasteiger partial charge in [-0.2, -0.15) is 5.10 Å². The number of carbonyl (C=O) groups excluding carboxylic acids is 1. The topological polar surface area (TPSA) is 41.5 Å². The van der Waals surface area contributed by atoms with Crippen molar-refractivity contribution in [2.45, 2.75) is 27.2 Å². The van der Waals surface area contributed by atoms with Crippen LogP contribution in [0.1, 0.15) is 37.6 Å². The minimum atomic E-state index is -0.279. The van der Waals surface area contributed by atoms with Crippen LogP contribution >= 0.6 is 11.6 Å². The van der Waals surface area contributed by atoms with Crippen molar-refractivity contribution in [2.75, 3.05) is 0 Å². The predicted molar refractivity (Wildman–Crippen MR) is 71.5 cm³/mol. The summed E-state index contributed by atoms with van der Waals surface area (Å²) < 4.78 is 0. The Labute approximate surface area is 107 Å². The Bertz CT molecular complexity index is 427. The average molecular weight is 253 g/mol. The second-order valence-electron chi connectivity index (χ2n) is 4.37. The Morgan fingerprint density at radius 1 is 1.41 bits per heavy atom. The number of carbonyl (C=O) groups is 1. The van der Waals surface area contributed by atoms with Gasteiger partial charge >= 0.3 is 0 Å². The van der Waals surface area contributed by atoms with E-state index in [0.29, 0.717) is 16.5 Å². The molecular weight excluding hydrogens is 236 g/mol. The van der Waals surface area contributed by atoms with Crippen LogP contribution in [0.5, 0.6) is 0 Å². The molecule has 0 aliphatic carbocycles. The minimum Gasteiger partial charge on any atom is -0.267 e. The maximum atomic E-state index is 11.8. The Morgan fingerprint density at radius 3 is 2.65 bits per heavy atom. The van der Waals surface area contributed by atoms with Crippen molar-refractivity contribution in [3.8, 4) is 0 Å². The molecule has 92 valence electrons. The monoisotopic (exact) mass is 252 g/mol. The molecule has 0 fully saturated rings. The highest BCUT2D eigenvalue weighted by Crippen LogP contribution is 2.14. The normalized spacial score (nSPS) is 11.7. The number of nitrogens with one attached hydrogen (secondary N) is 1. The van der Waals surface area contributed by atoms with Crippen molar-refractivity contribution in [1.29, 1.82) is 0 Å². The molecule has 0 aliphatic rings. The van der Waals surface area contributed by atoms with Gasteiger partial charge in [0.2, 0.25) is 0 Å². The van der Waals surface area contributed by atoms with Crippen molar-refractivity contribution >= 4 is 23.2 Å². The number of hydrogen-bond acceptors (Lipinski definition) is 2. The highest BCUT2D eigenvalue weighted by molar-refractivity contribution is 6.33. The van der Waals surface area contributed by atoms with Crippen molar-refractivity contribution in [1.82, 2.24) is 5.43 Å². The highest BCUT2D eigenvalue weighted by Gasteiger charge is 2.08. The van der Waals surface area contributed by atoms with E-state index in [1.165, 1.54) is 0 Å². The van der Waals surface area contributed by atoms with Gasteiger partial charge in [-0.05, 0) is 31.4 Å². The molecule has 17 heavy (non-hydrogen) atoms. The zero-order chi connectivity index (χ0) is 12.8. The fraction of sp³-hybridized carbons (Fsp3) is 0.385. The number of rotatable bonds is 4. The molecule has 0 heterocycles. The van der Waals surface area contributed by atoms with Gasteiger partial charge in [0.15, 0.2) is 0 Å². The molecule has 3 nitrogen and oxygen atoms in total. The first-order valence-electron chi connectivity index (χ1n) is 5.58. The first-order valence-corrected chi connectivity index (χ1v) is 5.96. The lowest BCUT2D eigenvalue weighted by Crippen LogP contribution is -2.19. The van der Waals surface area contributed by atoms with Gasteiger partial charge in [-0.25, -0.2) is 5.43 Å². The number of halogens is 1. The van der Waals surface area contributed by atoms with Crippen LogP contribution in [0.2, 0.25) is 5.02 Å². The molecule has 0 saturated carbocycles. The summed E-state index contributed by atoms with van der Waals surface area (Å²) in [5.41, 5.74) is 3.85. The third kappa shape index (κ3) is 4.57. The van der Waals surface area contributed by atoms with E-state index in [1.807, 2.05) is 6.92 Å². The van der Waals surface area contributed by atoms with Crippen LogP contribution in [0.25, 0.3) is 0 Å². The predicted octanol–water partition coefficient (Wildman–Crippen LogP) is 3.49. The molecular formula is C13H17ClN2O. The summed E-state index contributed by atoms with van der Waals surface area (Å²) in [6, 6.07) is 6.91. The van der Waals surface area contributed by atoms with Crippen LogP contribution in [-0.4, -0.2) is 11.6 Å². The largest absolute Gasteiger partial charge is 0.272 e. The highest BCUT2D eigenvalue weighted by atomic mass is 35.5. The van der Waals surface area contributed by atoms with Gasteiger partial charge in [0, 0.05) is 5.71 Å². The molecule has 0 atom stereocenters. The van der Waals surface area contributed by atoms with Gasteiger partial charge in [-0.1, -0.05) is 37.6 Å². The average Bonchev–Trinajstić information content (AvgIpc) is 2.25. The zero-order valence-electron chi connectivity index (χ0n) is 10.3. The summed E-state index contributed by atoms with van der Waals surface area (Å²) in [7, 11) is 0. The summed E-state index contributed by atoms with van der Waals surface area (Å²) >= 11 is 5.91. The Morgan fingerprint density at radius 2 is 2.06 bits per heavy atom. The molecule has 0 saturated heterocycles. The van der Waals surface area contributed by atoms with Gasteiger partial charge in [0.25, 0.3) is 5.91 Å². The molecule has 0 spiro atoms. The van der Waals surface area contributed by atoms with Crippen molar-refractivity contribution in [2.24, 2.45) is 11.0 Å². The number of nitrogens with zero attached hydrogens (tertiary/aromatic N) is 1. The van der Waals surface area contributed by atoms with Crippen LogP contribution in [0.3, 0.4) is 0 Å². The molecule has 1 aromatic carbocycles. The molecule has 0 aliphatic heterocycles. The summed E-state index contributed by atoms with van der Waals surface area (Å²) in [6.45, 7) is 6.11. The Kier molecular flexibility index (Phi) is 5.16. The molecule has 0 aromatic heterocycles. The smallest absolute Gasteiger partial charge is 0.267 e. The maximum Gasteiger partial charge on any atom is 0.272 e. The molecule has 4 heteroatoms. The Hall–Kier alpha value is -1.35. The first-order chi connectivity index (χ1) is 8.00. The molecule has 0 radical (unpaired) electrons. The van der Waals surface area contributed by atoms with Crippen molar-refractivity contribution in [3.05, 3.63) is 34.9 Å². The molecule has 0 bridgehead atoms. The van der Waals surface area contributed by atoms with E-state index in [1.54, 1.807) is 24.3 Å². The molecule has 0 unspecified atom stereocenters. The van der Waals surface area contributed by atoms with E-state index in [2.05, 4.69) is 24.4 Å². The summed E-state index contributed by atoms with van der Waals surface area (Å²) in [4.78, 5) is 11.8. The fourth-order valence-corrected chi connectivity index (χ4v) is 1.71. The SMILES string of the molecule is C/C(CC(C)C)=N\NC(=O)c1ccccc1Cl. The van der Waals surface area contributed by atoms with Gasteiger partial charge in [-0.15, -0.1) is 0 Å². The van der Waals surface area contributed by atoms with E-state index >= 15 is 0 Å². The van der Waals surface area contributed by atoms with Crippen LogP contribution < -0.4 is 5.43 Å². The second kappa shape index (κ2) is 6.40. The number of amides is 1. The third-order valence-electron chi connectivity index (χ3n) is 2.17. The van der Waals surface area contributed by atoms with Crippen LogP contribution in [0.15, 0.2) is 29.4 Å². The first kappa shape index (κ1) is 13.7. The minimum absolute atomic E-state index is 0.279. The van der Waals surface area contributed by atoms with E-state index < -0.39 is 0 Å². The third-order valence-corrected chi connectivity index (χ3v) is 2.50. The lowest BCUT2D eigenvalue weighted by Gasteiger charge is -2.05. The van der Waals surface area contributed by atoms with Gasteiger partial charge in [0.05, 0.1) is 10.6 Å². The van der Waals surface area contributed by atoms with Crippen LogP contribution in [0.4, 0.5) is 0 Å². The number of benzene rings is 1. The lowest BCUT2D eigenvalue weighted by molar-refractivity contribution is 0.0955. The summed E-state index contributed by atoms with van der Waals surface area (Å²) in [6.07, 6.45) is 0.864. The molecule has 1 amide bonds. The van der Waals surface area contributed by atoms with Gasteiger partial charge in [-0.3, -0.25) is 4.79 Å². The zero-order valence-corrected chi connectivity index (χ0v) is 11.1. The van der Waals surface area contributed by atoms with Crippen LogP contribution in [-0.2, 0) is 0 Å². The van der Waals surface area contributed by atoms with E-state index in [-0.39, 0.29) is 5.91 Å². The van der Waals surface area contributed by atoms with Crippen LogP contribution in [0, 0.1) is 5.92 Å². The quantitative estimate of drug-likeness (QED) is 0.647. The number of hydrazone groups is 1. The Balaban J connectivity index is 2.65. The van der Waals surface area contributed by atoms with Gasteiger partial charge in [0.1, 0.15) is 0 Å². The second-order valence-corrected chi connectivity index (χ2v) is 4.77. The van der Waals surface area contributed by atoms with Gasteiger partial charge < -0.3 is 0 Å². The molecule has 1 N–H and O–H groups in total. The molecule has 1 rings (SSSR count). The number of hydrogen-bond donors (Lipinski definition) is 1. The lowest BCUT2D eigenvalue weighted by atomic mass is 10.1. The summed E-state index contributed by atoms with van der Waals surface area (Å²) in [5.74, 6) is 0.245. The fourth-order valence-electron chi connectivity index (χ4n) is 1.49. The van der Waals surface area contributed by atoms with E-state index in [0.717, 1.165) is 12.1 Å². The molecule has 1 aromatic rings. The van der Waals surface area contributed by atoms with Crippen molar-refractivity contribution in [3.63, 3.8) is 0 Å². The maximum absolute atomic E-state index is 11.8. The standard InChI is InChI=1S/C13H17ClN2O/c1-9(2)8-10(3)15-16-13(17)11-6-4-5-7-12(11)14/h4-7,9H,8H2,1-3H3,(H,16,17)/b15-10+. The van der Waals surface area contributed by atoms with Crippen molar-refractivity contribution < 1.29 is 4.79 Å². The van der Waals surface area contributed by atoms with E-state index in [4.69, 9.17) is 11.6 Å². The summed E-state index contributed by atoms with van der Waals surface area (Å²) in [5, 5.41) is 4.47. The van der Waals surface area contributed by atoms with E-state index in [9.17, 15) is 4.79 Å².